The molecule has 2 N–H and O–H groups in total. The van der Waals surface area contributed by atoms with Gasteiger partial charge in [-0.3, -0.25) is 4.79 Å². The number of piperidine rings is 1. The second-order valence-corrected chi connectivity index (χ2v) is 7.87. The van der Waals surface area contributed by atoms with E-state index in [1.165, 1.54) is 0 Å². The second-order valence-electron chi connectivity index (χ2n) is 6.66. The van der Waals surface area contributed by atoms with Gasteiger partial charge in [0.2, 0.25) is 5.91 Å². The molecule has 2 heterocycles. The molecule has 5 nitrogen and oxygen atoms in total. The van der Waals surface area contributed by atoms with Gasteiger partial charge in [0.1, 0.15) is 6.04 Å². The third-order valence-electron chi connectivity index (χ3n) is 4.54. The van der Waals surface area contributed by atoms with Crippen LogP contribution in [0, 0.1) is 5.41 Å². The minimum atomic E-state index is -0.886. The molecule has 0 aliphatic carbocycles. The Hall–Kier alpha value is -0.750. The number of hydrogen-bond acceptors (Lipinski definition) is 4. The Morgan fingerprint density at radius 2 is 2.14 bits per heavy atom. The van der Waals surface area contributed by atoms with Crippen molar-refractivity contribution in [3.05, 3.63) is 0 Å². The van der Waals surface area contributed by atoms with Crippen molar-refractivity contribution in [1.29, 1.82) is 0 Å². The van der Waals surface area contributed by atoms with Crippen molar-refractivity contribution in [3.8, 4) is 0 Å². The molecule has 2 aliphatic heterocycles. The van der Waals surface area contributed by atoms with Gasteiger partial charge in [0, 0.05) is 5.75 Å². The third-order valence-corrected chi connectivity index (χ3v) is 5.90. The van der Waals surface area contributed by atoms with E-state index in [1.54, 1.807) is 16.7 Å². The number of thioether (sulfide) groups is 1. The van der Waals surface area contributed by atoms with E-state index in [4.69, 9.17) is 0 Å². The lowest BCUT2D eigenvalue weighted by Crippen LogP contribution is -2.59. The van der Waals surface area contributed by atoms with Gasteiger partial charge in [-0.2, -0.15) is 0 Å². The average molecular weight is 314 g/mol. The normalized spacial score (nSPS) is 32.1. The largest absolute Gasteiger partial charge is 0.480 e. The summed E-state index contributed by atoms with van der Waals surface area (Å²) in [5, 5.41) is 12.7. The molecule has 2 rings (SSSR count). The molecule has 0 aromatic rings. The van der Waals surface area contributed by atoms with Gasteiger partial charge in [-0.1, -0.05) is 27.2 Å². The van der Waals surface area contributed by atoms with E-state index in [0.717, 1.165) is 32.2 Å². The van der Waals surface area contributed by atoms with Crippen molar-refractivity contribution in [2.45, 2.75) is 63.9 Å². The number of carboxylic acid groups (broad SMARTS) is 1. The minimum absolute atomic E-state index is 0.00289. The summed E-state index contributed by atoms with van der Waals surface area (Å²) >= 11 is 1.60. The van der Waals surface area contributed by atoms with E-state index in [0.29, 0.717) is 5.75 Å². The zero-order chi connectivity index (χ0) is 15.6. The summed E-state index contributed by atoms with van der Waals surface area (Å²) in [4.78, 5) is 26.1. The molecule has 3 unspecified atom stereocenters. The summed E-state index contributed by atoms with van der Waals surface area (Å²) in [6, 6.07) is -0.954. The second kappa shape index (κ2) is 6.57. The van der Waals surface area contributed by atoms with Crippen LogP contribution < -0.4 is 5.32 Å². The molecule has 0 saturated carbocycles. The maximum Gasteiger partial charge on any atom is 0.327 e. The van der Waals surface area contributed by atoms with Crippen molar-refractivity contribution in [1.82, 2.24) is 10.2 Å². The first-order chi connectivity index (χ1) is 9.88. The fraction of sp³-hybridized carbons (Fsp3) is 0.867. The highest BCUT2D eigenvalue weighted by Crippen LogP contribution is 2.37. The van der Waals surface area contributed by atoms with Crippen molar-refractivity contribution >= 4 is 23.6 Å². The minimum Gasteiger partial charge on any atom is -0.480 e. The fourth-order valence-electron chi connectivity index (χ4n) is 3.30. The van der Waals surface area contributed by atoms with E-state index in [9.17, 15) is 14.7 Å². The van der Waals surface area contributed by atoms with Crippen LogP contribution in [-0.2, 0) is 9.59 Å². The number of rotatable bonds is 4. The van der Waals surface area contributed by atoms with E-state index in [2.05, 4.69) is 26.1 Å². The van der Waals surface area contributed by atoms with Gasteiger partial charge in [-0.25, -0.2) is 4.79 Å². The summed E-state index contributed by atoms with van der Waals surface area (Å²) in [6.07, 6.45) is 3.86. The standard InChI is InChI=1S/C15H26N2O3S/c1-4-6-11-17(10(9-21-11)14(19)20)13(18)12-15(2,3)7-5-8-16-12/h10-12,16H,4-9H2,1-3H3,(H,19,20). The Labute approximate surface area is 130 Å². The predicted molar refractivity (Wildman–Crippen MR) is 84.2 cm³/mol. The molecule has 0 aromatic heterocycles. The van der Waals surface area contributed by atoms with E-state index >= 15 is 0 Å². The highest BCUT2D eigenvalue weighted by Gasteiger charge is 2.47. The Morgan fingerprint density at radius 1 is 1.43 bits per heavy atom. The van der Waals surface area contributed by atoms with Gasteiger partial charge in [-0.05, 0) is 31.2 Å². The van der Waals surface area contributed by atoms with Crippen LogP contribution >= 0.6 is 11.8 Å². The molecule has 0 spiro atoms. The molecule has 21 heavy (non-hydrogen) atoms. The van der Waals surface area contributed by atoms with Crippen LogP contribution in [0.5, 0.6) is 0 Å². The van der Waals surface area contributed by atoms with Crippen molar-refractivity contribution in [2.24, 2.45) is 5.41 Å². The zero-order valence-electron chi connectivity index (χ0n) is 13.1. The number of carbonyl (C=O) groups excluding carboxylic acids is 1. The highest BCUT2D eigenvalue weighted by atomic mass is 32.2. The van der Waals surface area contributed by atoms with Crippen LogP contribution in [0.2, 0.25) is 0 Å². The Morgan fingerprint density at radius 3 is 2.71 bits per heavy atom. The molecule has 2 aliphatic rings. The molecule has 0 bridgehead atoms. The molecule has 0 aromatic carbocycles. The molecule has 1 amide bonds. The summed E-state index contributed by atoms with van der Waals surface area (Å²) in [5.74, 6) is -0.419. The van der Waals surface area contributed by atoms with Crippen molar-refractivity contribution < 1.29 is 14.7 Å². The van der Waals surface area contributed by atoms with Crippen LogP contribution in [-0.4, -0.2) is 51.6 Å². The van der Waals surface area contributed by atoms with Gasteiger partial charge in [-0.15, -0.1) is 11.8 Å². The van der Waals surface area contributed by atoms with Crippen LogP contribution in [0.4, 0.5) is 0 Å². The molecule has 2 saturated heterocycles. The molecule has 0 radical (unpaired) electrons. The first-order valence-electron chi connectivity index (χ1n) is 7.78. The van der Waals surface area contributed by atoms with Gasteiger partial charge in [0.05, 0.1) is 11.4 Å². The fourth-order valence-corrected chi connectivity index (χ4v) is 4.82. The predicted octanol–water partition coefficient (Wildman–Crippen LogP) is 1.92. The number of hydrogen-bond donors (Lipinski definition) is 2. The smallest absolute Gasteiger partial charge is 0.327 e. The van der Waals surface area contributed by atoms with Crippen LogP contribution in [0.15, 0.2) is 0 Å². The lowest BCUT2D eigenvalue weighted by molar-refractivity contribution is -0.152. The quantitative estimate of drug-likeness (QED) is 0.829. The molecular formula is C15H26N2O3S. The molecule has 3 atom stereocenters. The van der Waals surface area contributed by atoms with Crippen molar-refractivity contribution in [2.75, 3.05) is 12.3 Å². The Balaban J connectivity index is 2.21. The average Bonchev–Trinajstić information content (AvgIpc) is 2.82. The van der Waals surface area contributed by atoms with Crippen molar-refractivity contribution in [3.63, 3.8) is 0 Å². The Bertz CT molecular complexity index is 414. The van der Waals surface area contributed by atoms with Crippen LogP contribution in [0.1, 0.15) is 46.5 Å². The molecule has 2 fully saturated rings. The highest BCUT2D eigenvalue weighted by molar-refractivity contribution is 8.00. The summed E-state index contributed by atoms with van der Waals surface area (Å²) < 4.78 is 0. The van der Waals surface area contributed by atoms with E-state index in [1.807, 2.05) is 0 Å². The third kappa shape index (κ3) is 3.37. The number of carboxylic acids is 1. The Kier molecular flexibility index (Phi) is 5.20. The summed E-state index contributed by atoms with van der Waals surface area (Å²) in [6.45, 7) is 7.09. The SMILES string of the molecule is CCCC1SCC(C(=O)O)N1C(=O)C1NCCCC1(C)C. The lowest BCUT2D eigenvalue weighted by atomic mass is 9.77. The topological polar surface area (TPSA) is 69.6 Å². The van der Waals surface area contributed by atoms with E-state index in [-0.39, 0.29) is 22.7 Å². The summed E-state index contributed by atoms with van der Waals surface area (Å²) in [7, 11) is 0. The number of amides is 1. The lowest BCUT2D eigenvalue weighted by Gasteiger charge is -2.41. The van der Waals surface area contributed by atoms with Gasteiger partial charge < -0.3 is 15.3 Å². The first kappa shape index (κ1) is 16.6. The monoisotopic (exact) mass is 314 g/mol. The number of aliphatic carboxylic acids is 1. The maximum absolute atomic E-state index is 13.0. The molecular weight excluding hydrogens is 288 g/mol. The van der Waals surface area contributed by atoms with E-state index < -0.39 is 12.0 Å². The maximum atomic E-state index is 13.0. The number of nitrogens with zero attached hydrogens (tertiary/aromatic N) is 1. The first-order valence-corrected chi connectivity index (χ1v) is 8.83. The molecule has 6 heteroatoms. The number of nitrogens with one attached hydrogen (secondary N) is 1. The molecule has 120 valence electrons. The van der Waals surface area contributed by atoms with Crippen LogP contribution in [0.25, 0.3) is 0 Å². The van der Waals surface area contributed by atoms with Gasteiger partial charge in [0.15, 0.2) is 0 Å². The number of carbonyl (C=O) groups is 2. The van der Waals surface area contributed by atoms with Crippen LogP contribution in [0.3, 0.4) is 0 Å². The summed E-state index contributed by atoms with van der Waals surface area (Å²) in [5.41, 5.74) is -0.123. The van der Waals surface area contributed by atoms with Gasteiger partial charge in [0.25, 0.3) is 0 Å². The zero-order valence-corrected chi connectivity index (χ0v) is 13.9. The van der Waals surface area contributed by atoms with Gasteiger partial charge >= 0.3 is 5.97 Å².